The third-order valence-corrected chi connectivity index (χ3v) is 4.38. The molecule has 1 heterocycles. The maximum absolute atomic E-state index is 12.4. The van der Waals surface area contributed by atoms with Gasteiger partial charge in [-0.15, -0.1) is 0 Å². The predicted molar refractivity (Wildman–Crippen MR) is 91.2 cm³/mol. The summed E-state index contributed by atoms with van der Waals surface area (Å²) in [6, 6.07) is 5.18. The van der Waals surface area contributed by atoms with Gasteiger partial charge in [-0.25, -0.2) is 0 Å². The minimum Gasteiger partial charge on any atom is -0.338 e. The van der Waals surface area contributed by atoms with E-state index in [9.17, 15) is 14.4 Å². The van der Waals surface area contributed by atoms with Crippen LogP contribution in [0.15, 0.2) is 22.7 Å². The highest BCUT2D eigenvalue weighted by Gasteiger charge is 2.36. The van der Waals surface area contributed by atoms with Crippen molar-refractivity contribution in [3.63, 3.8) is 0 Å². The second-order valence-corrected chi connectivity index (χ2v) is 7.11. The van der Waals surface area contributed by atoms with Gasteiger partial charge in [0.25, 0.3) is 11.8 Å². The van der Waals surface area contributed by atoms with Crippen LogP contribution < -0.4 is 0 Å². The molecule has 124 valence electrons. The van der Waals surface area contributed by atoms with Gasteiger partial charge in [-0.3, -0.25) is 19.3 Å². The zero-order valence-corrected chi connectivity index (χ0v) is 15.4. The topological polar surface area (TPSA) is 57.7 Å². The molecule has 0 saturated heterocycles. The first kappa shape index (κ1) is 17.7. The molecule has 0 aliphatic carbocycles. The number of hydrogen-bond acceptors (Lipinski definition) is 3. The maximum Gasteiger partial charge on any atom is 0.261 e. The Balaban J connectivity index is 2.09. The van der Waals surface area contributed by atoms with Crippen molar-refractivity contribution < 1.29 is 14.4 Å². The number of carbonyl (C=O) groups excluding carboxylic acids is 3. The van der Waals surface area contributed by atoms with Crippen molar-refractivity contribution in [2.75, 3.05) is 6.54 Å². The lowest BCUT2D eigenvalue weighted by molar-refractivity contribution is -0.134. The van der Waals surface area contributed by atoms with E-state index < -0.39 is 0 Å². The fourth-order valence-corrected chi connectivity index (χ4v) is 3.34. The number of fused-ring (bicyclic) bond motifs is 1. The lowest BCUT2D eigenvalue weighted by Crippen LogP contribution is -2.43. The molecule has 1 aliphatic heterocycles. The van der Waals surface area contributed by atoms with Gasteiger partial charge >= 0.3 is 0 Å². The van der Waals surface area contributed by atoms with Crippen molar-refractivity contribution in [1.82, 2.24) is 9.80 Å². The molecule has 0 fully saturated rings. The van der Waals surface area contributed by atoms with Crippen molar-refractivity contribution in [3.8, 4) is 0 Å². The maximum atomic E-state index is 12.4. The molecule has 0 radical (unpaired) electrons. The highest BCUT2D eigenvalue weighted by molar-refractivity contribution is 9.10. The molecule has 0 spiro atoms. The highest BCUT2D eigenvalue weighted by atomic mass is 79.9. The number of amides is 3. The van der Waals surface area contributed by atoms with Crippen molar-refractivity contribution >= 4 is 33.7 Å². The van der Waals surface area contributed by atoms with Gasteiger partial charge < -0.3 is 4.90 Å². The Labute approximate surface area is 144 Å². The number of halogens is 1. The molecule has 0 aromatic heterocycles. The number of nitrogens with zero attached hydrogens (tertiary/aromatic N) is 2. The first-order valence-electron chi connectivity index (χ1n) is 7.71. The van der Waals surface area contributed by atoms with E-state index in [4.69, 9.17) is 0 Å². The summed E-state index contributed by atoms with van der Waals surface area (Å²) in [7, 11) is 0. The molecular formula is C17H21BrN2O3. The van der Waals surface area contributed by atoms with E-state index >= 15 is 0 Å². The zero-order chi connectivity index (χ0) is 17.3. The minimum atomic E-state index is -0.334. The van der Waals surface area contributed by atoms with Gasteiger partial charge in [0.1, 0.15) is 0 Å². The minimum absolute atomic E-state index is 0.0484. The number of benzene rings is 1. The summed E-state index contributed by atoms with van der Waals surface area (Å²) in [5.41, 5.74) is 0.789. The number of carbonyl (C=O) groups is 3. The van der Waals surface area contributed by atoms with Gasteiger partial charge in [0.05, 0.1) is 11.1 Å². The quantitative estimate of drug-likeness (QED) is 0.737. The summed E-state index contributed by atoms with van der Waals surface area (Å²) in [6.45, 7) is 7.93. The second kappa shape index (κ2) is 6.83. The Hall–Kier alpha value is -1.69. The van der Waals surface area contributed by atoms with Gasteiger partial charge in [-0.2, -0.15) is 0 Å². The van der Waals surface area contributed by atoms with Crippen LogP contribution in [0.3, 0.4) is 0 Å². The second-order valence-electron chi connectivity index (χ2n) is 6.19. The largest absolute Gasteiger partial charge is 0.338 e. The Kier molecular flexibility index (Phi) is 5.24. The van der Waals surface area contributed by atoms with E-state index in [0.717, 1.165) is 9.37 Å². The van der Waals surface area contributed by atoms with E-state index in [0.29, 0.717) is 11.1 Å². The summed E-state index contributed by atoms with van der Waals surface area (Å²) in [4.78, 5) is 40.0. The molecule has 1 aliphatic rings. The van der Waals surface area contributed by atoms with E-state index in [1.165, 1.54) is 0 Å². The summed E-state index contributed by atoms with van der Waals surface area (Å²) < 4.78 is 0.751. The molecule has 0 saturated carbocycles. The Bertz CT molecular complexity index is 647. The van der Waals surface area contributed by atoms with Crippen LogP contribution in [0, 0.1) is 0 Å². The molecule has 23 heavy (non-hydrogen) atoms. The smallest absolute Gasteiger partial charge is 0.261 e. The van der Waals surface area contributed by atoms with Gasteiger partial charge in [-0.05, 0) is 45.9 Å². The average molecular weight is 381 g/mol. The third kappa shape index (κ3) is 3.47. The SMILES string of the molecule is CC(C)N(C(=O)CCN1C(=O)c2ccc(Br)cc2C1=O)C(C)C. The summed E-state index contributed by atoms with van der Waals surface area (Å²) >= 11 is 3.30. The van der Waals surface area contributed by atoms with Crippen molar-refractivity contribution in [2.45, 2.75) is 46.2 Å². The van der Waals surface area contributed by atoms with Crippen LogP contribution in [0.1, 0.15) is 54.8 Å². The molecule has 3 amide bonds. The Morgan fingerprint density at radius 1 is 1.09 bits per heavy atom. The van der Waals surface area contributed by atoms with Crippen LogP contribution >= 0.6 is 15.9 Å². The van der Waals surface area contributed by atoms with Crippen LogP contribution in [0.5, 0.6) is 0 Å². The molecule has 0 bridgehead atoms. The normalized spacial score (nSPS) is 14.0. The fraction of sp³-hybridized carbons (Fsp3) is 0.471. The lowest BCUT2D eigenvalue weighted by Gasteiger charge is -2.31. The molecule has 6 heteroatoms. The lowest BCUT2D eigenvalue weighted by atomic mass is 10.1. The van der Waals surface area contributed by atoms with Crippen LogP contribution in [0.4, 0.5) is 0 Å². The average Bonchev–Trinajstić information content (AvgIpc) is 2.67. The van der Waals surface area contributed by atoms with Crippen molar-refractivity contribution in [1.29, 1.82) is 0 Å². The van der Waals surface area contributed by atoms with Gasteiger partial charge in [0, 0.05) is 29.5 Å². The van der Waals surface area contributed by atoms with Crippen LogP contribution in [-0.4, -0.2) is 46.1 Å². The van der Waals surface area contributed by atoms with E-state index in [-0.39, 0.29) is 42.8 Å². The molecule has 2 rings (SSSR count). The molecule has 1 aromatic rings. The first-order chi connectivity index (χ1) is 10.7. The fourth-order valence-electron chi connectivity index (χ4n) is 2.97. The first-order valence-corrected chi connectivity index (χ1v) is 8.50. The summed E-state index contributed by atoms with van der Waals surface area (Å²) in [5.74, 6) is -0.710. The van der Waals surface area contributed by atoms with Crippen LogP contribution in [0.25, 0.3) is 0 Å². The Morgan fingerprint density at radius 2 is 1.65 bits per heavy atom. The zero-order valence-electron chi connectivity index (χ0n) is 13.8. The molecule has 0 unspecified atom stereocenters. The van der Waals surface area contributed by atoms with Gasteiger partial charge in [0.15, 0.2) is 0 Å². The molecule has 0 N–H and O–H groups in total. The number of rotatable bonds is 5. The molecular weight excluding hydrogens is 360 g/mol. The number of imide groups is 1. The number of hydrogen-bond donors (Lipinski definition) is 0. The van der Waals surface area contributed by atoms with Crippen LogP contribution in [0.2, 0.25) is 0 Å². The highest BCUT2D eigenvalue weighted by Crippen LogP contribution is 2.26. The van der Waals surface area contributed by atoms with Crippen LogP contribution in [-0.2, 0) is 4.79 Å². The van der Waals surface area contributed by atoms with Crippen molar-refractivity contribution in [3.05, 3.63) is 33.8 Å². The van der Waals surface area contributed by atoms with Gasteiger partial charge in [0.2, 0.25) is 5.91 Å². The summed E-state index contributed by atoms with van der Waals surface area (Å²) in [6.07, 6.45) is 0.142. The van der Waals surface area contributed by atoms with E-state index in [2.05, 4.69) is 15.9 Å². The van der Waals surface area contributed by atoms with Crippen molar-refractivity contribution in [2.24, 2.45) is 0 Å². The monoisotopic (exact) mass is 380 g/mol. The summed E-state index contributed by atoms with van der Waals surface area (Å²) in [5, 5.41) is 0. The Morgan fingerprint density at radius 3 is 2.22 bits per heavy atom. The standard InChI is InChI=1S/C17H21BrN2O3/c1-10(2)20(11(3)4)15(21)7-8-19-16(22)13-6-5-12(18)9-14(13)17(19)23/h5-6,9-11H,7-8H2,1-4H3. The molecule has 1 aromatic carbocycles. The third-order valence-electron chi connectivity index (χ3n) is 3.88. The van der Waals surface area contributed by atoms with E-state index in [1.807, 2.05) is 27.7 Å². The van der Waals surface area contributed by atoms with E-state index in [1.54, 1.807) is 23.1 Å². The van der Waals surface area contributed by atoms with Gasteiger partial charge in [-0.1, -0.05) is 15.9 Å². The molecule has 0 atom stereocenters. The predicted octanol–water partition coefficient (Wildman–Crippen LogP) is 3.08. The molecule has 5 nitrogen and oxygen atoms in total.